The molecular formula is C12H14F2N2OS. The fraction of sp³-hybridized carbons (Fsp3) is 0.500. The van der Waals surface area contributed by atoms with Gasteiger partial charge in [-0.1, -0.05) is 5.87 Å². The maximum absolute atomic E-state index is 13.5. The number of aromatic nitrogens is 1. The van der Waals surface area contributed by atoms with Crippen molar-refractivity contribution < 1.29 is 13.5 Å². The molecule has 0 radical (unpaired) electrons. The molecule has 3 heterocycles. The number of hydrogen-bond acceptors (Lipinski definition) is 3. The summed E-state index contributed by atoms with van der Waals surface area (Å²) in [5.41, 5.74) is 0. The van der Waals surface area contributed by atoms with Crippen LogP contribution in [0.1, 0.15) is 6.42 Å². The second-order valence-corrected chi connectivity index (χ2v) is 6.47. The first-order valence-electron chi connectivity index (χ1n) is 5.70. The smallest absolute Gasteiger partial charge is 0.267 e. The second-order valence-electron chi connectivity index (χ2n) is 4.75. The Labute approximate surface area is 107 Å². The molecule has 0 N–H and O–H groups in total. The topological polar surface area (TPSA) is 25.4 Å². The Hall–Kier alpha value is -1.17. The molecule has 3 rings (SSSR count). The van der Waals surface area contributed by atoms with Gasteiger partial charge in [-0.25, -0.2) is 13.8 Å². The van der Waals surface area contributed by atoms with Gasteiger partial charge in [0.25, 0.3) is 5.92 Å². The van der Waals surface area contributed by atoms with Crippen LogP contribution in [-0.2, 0) is 0 Å². The van der Waals surface area contributed by atoms with E-state index in [0.717, 1.165) is 4.90 Å². The molecule has 18 heavy (non-hydrogen) atoms. The molecule has 1 fully saturated rings. The minimum atomic E-state index is -2.65. The van der Waals surface area contributed by atoms with Crippen molar-refractivity contribution in [2.75, 3.05) is 24.3 Å². The molecule has 2 aliphatic heterocycles. The van der Waals surface area contributed by atoms with Crippen molar-refractivity contribution in [1.29, 1.82) is 0 Å². The van der Waals surface area contributed by atoms with Gasteiger partial charge in [-0.2, -0.15) is 10.5 Å². The normalized spacial score (nSPS) is 26.2. The third kappa shape index (κ3) is 1.79. The largest absolute Gasteiger partial charge is 0.486 e. The van der Waals surface area contributed by atoms with E-state index in [9.17, 15) is 8.78 Å². The molecule has 0 aromatic carbocycles. The molecule has 98 valence electrons. The highest BCUT2D eigenvalue weighted by molar-refractivity contribution is 8.13. The summed E-state index contributed by atoms with van der Waals surface area (Å²) in [7, 11) is -0.225. The highest BCUT2D eigenvalue weighted by Crippen LogP contribution is 2.45. The lowest BCUT2D eigenvalue weighted by Crippen LogP contribution is -2.39. The number of nitrogens with zero attached hydrogens (tertiary/aromatic N) is 2. The van der Waals surface area contributed by atoms with Crippen LogP contribution in [-0.4, -0.2) is 42.2 Å². The highest BCUT2D eigenvalue weighted by Gasteiger charge is 2.48. The predicted molar refractivity (Wildman–Crippen MR) is 69.3 cm³/mol. The Kier molecular flexibility index (Phi) is 2.59. The van der Waals surface area contributed by atoms with Gasteiger partial charge in [-0.05, 0) is 12.3 Å². The van der Waals surface area contributed by atoms with Crippen LogP contribution < -0.4 is 9.64 Å². The van der Waals surface area contributed by atoms with Gasteiger partial charge in [-0.15, -0.1) is 0 Å². The van der Waals surface area contributed by atoms with Gasteiger partial charge >= 0.3 is 0 Å². The zero-order chi connectivity index (χ0) is 12.9. The van der Waals surface area contributed by atoms with E-state index in [-0.39, 0.29) is 29.5 Å². The number of ether oxygens (including phenoxy) is 1. The molecule has 2 aliphatic rings. The SMILES string of the molecule is C=S(C)c1ccnc2c1OCC1CC(F)(F)CN21. The van der Waals surface area contributed by atoms with Crippen molar-refractivity contribution in [2.24, 2.45) is 0 Å². The zero-order valence-electron chi connectivity index (χ0n) is 10.0. The van der Waals surface area contributed by atoms with Crippen LogP contribution in [0.4, 0.5) is 14.6 Å². The molecule has 0 spiro atoms. The van der Waals surface area contributed by atoms with Crippen LogP contribution >= 0.6 is 10.5 Å². The number of fused-ring (bicyclic) bond motifs is 3. The van der Waals surface area contributed by atoms with Crippen LogP contribution in [0.5, 0.6) is 5.75 Å². The molecule has 1 saturated heterocycles. The van der Waals surface area contributed by atoms with Crippen LogP contribution in [0.15, 0.2) is 17.2 Å². The second kappa shape index (κ2) is 3.91. The molecule has 0 bridgehead atoms. The van der Waals surface area contributed by atoms with Gasteiger partial charge in [0, 0.05) is 17.5 Å². The Bertz CT molecular complexity index is 521. The zero-order valence-corrected chi connectivity index (χ0v) is 10.8. The lowest BCUT2D eigenvalue weighted by atomic mass is 10.2. The molecule has 2 atom stereocenters. The minimum Gasteiger partial charge on any atom is -0.486 e. The van der Waals surface area contributed by atoms with E-state index in [1.165, 1.54) is 0 Å². The fourth-order valence-corrected chi connectivity index (χ4v) is 3.27. The Balaban J connectivity index is 2.06. The fourth-order valence-electron chi connectivity index (χ4n) is 2.51. The van der Waals surface area contributed by atoms with Crippen LogP contribution in [0.3, 0.4) is 0 Å². The van der Waals surface area contributed by atoms with Gasteiger partial charge < -0.3 is 9.64 Å². The highest BCUT2D eigenvalue weighted by atomic mass is 32.2. The predicted octanol–water partition coefficient (Wildman–Crippen LogP) is 2.38. The lowest BCUT2D eigenvalue weighted by Gasteiger charge is -2.32. The summed E-state index contributed by atoms with van der Waals surface area (Å²) in [6.07, 6.45) is 3.47. The maximum atomic E-state index is 13.5. The summed E-state index contributed by atoms with van der Waals surface area (Å²) in [5, 5.41) is 0. The molecule has 0 saturated carbocycles. The van der Waals surface area contributed by atoms with Crippen molar-refractivity contribution >= 4 is 22.2 Å². The van der Waals surface area contributed by atoms with Crippen molar-refractivity contribution in [2.45, 2.75) is 23.3 Å². The van der Waals surface area contributed by atoms with Crippen molar-refractivity contribution in [3.05, 3.63) is 12.3 Å². The van der Waals surface area contributed by atoms with Gasteiger partial charge in [0.2, 0.25) is 0 Å². The van der Waals surface area contributed by atoms with Gasteiger partial charge in [0.1, 0.15) is 6.61 Å². The number of pyridine rings is 1. The third-order valence-corrected chi connectivity index (χ3v) is 4.37. The van der Waals surface area contributed by atoms with Crippen molar-refractivity contribution in [3.8, 4) is 5.75 Å². The number of halogens is 2. The monoisotopic (exact) mass is 272 g/mol. The summed E-state index contributed by atoms with van der Waals surface area (Å²) in [6.45, 7) is 0.0393. The Morgan fingerprint density at radius 3 is 3.11 bits per heavy atom. The summed E-state index contributed by atoms with van der Waals surface area (Å²) in [6, 6.07) is 1.59. The standard InChI is InChI=1S/C12H14F2N2OS/c1-18(2)9-3-4-15-11-10(9)17-6-8-5-12(13,14)7-16(8)11/h3-4,8H,1,5-7H2,2H3. The first-order valence-corrected chi connectivity index (χ1v) is 7.50. The van der Waals surface area contributed by atoms with Gasteiger partial charge in [0.05, 0.1) is 12.6 Å². The van der Waals surface area contributed by atoms with E-state index in [1.54, 1.807) is 11.1 Å². The number of rotatable bonds is 1. The van der Waals surface area contributed by atoms with Crippen molar-refractivity contribution in [1.82, 2.24) is 4.98 Å². The van der Waals surface area contributed by atoms with E-state index < -0.39 is 5.92 Å². The Morgan fingerprint density at radius 2 is 2.39 bits per heavy atom. The van der Waals surface area contributed by atoms with E-state index in [2.05, 4.69) is 10.9 Å². The number of anilines is 1. The average Bonchev–Trinajstić information content (AvgIpc) is 2.62. The summed E-state index contributed by atoms with van der Waals surface area (Å²) in [5.74, 6) is 2.51. The summed E-state index contributed by atoms with van der Waals surface area (Å²) < 4.78 is 32.6. The van der Waals surface area contributed by atoms with E-state index >= 15 is 0 Å². The van der Waals surface area contributed by atoms with Gasteiger partial charge in [-0.3, -0.25) is 0 Å². The average molecular weight is 272 g/mol. The molecular weight excluding hydrogens is 258 g/mol. The van der Waals surface area contributed by atoms with Crippen LogP contribution in [0.2, 0.25) is 0 Å². The molecule has 6 heteroatoms. The molecule has 3 nitrogen and oxygen atoms in total. The molecule has 0 amide bonds. The van der Waals surface area contributed by atoms with Crippen molar-refractivity contribution in [3.63, 3.8) is 0 Å². The maximum Gasteiger partial charge on any atom is 0.267 e. The van der Waals surface area contributed by atoms with E-state index in [4.69, 9.17) is 4.74 Å². The van der Waals surface area contributed by atoms with E-state index in [1.807, 2.05) is 12.3 Å². The van der Waals surface area contributed by atoms with Crippen LogP contribution in [0.25, 0.3) is 0 Å². The number of alkyl halides is 2. The first kappa shape index (κ1) is 11.9. The molecule has 0 aliphatic carbocycles. The van der Waals surface area contributed by atoms with E-state index in [0.29, 0.717) is 18.2 Å². The lowest BCUT2D eigenvalue weighted by molar-refractivity contribution is 0.0210. The Morgan fingerprint density at radius 1 is 1.61 bits per heavy atom. The first-order chi connectivity index (χ1) is 8.48. The molecule has 1 aromatic heterocycles. The summed E-state index contributed by atoms with van der Waals surface area (Å²) in [4.78, 5) is 6.84. The summed E-state index contributed by atoms with van der Waals surface area (Å²) >= 11 is 0. The number of hydrogen-bond donors (Lipinski definition) is 0. The molecule has 2 unspecified atom stereocenters. The minimum absolute atomic E-state index is 0.152. The van der Waals surface area contributed by atoms with Gasteiger partial charge in [0.15, 0.2) is 11.6 Å². The van der Waals surface area contributed by atoms with Crippen LogP contribution in [0, 0.1) is 0 Å². The molecule has 1 aromatic rings. The third-order valence-electron chi connectivity index (χ3n) is 3.29. The quantitative estimate of drug-likeness (QED) is 0.734.